The first kappa shape index (κ1) is 18.9. The van der Waals surface area contributed by atoms with Gasteiger partial charge < -0.3 is 24.5 Å². The zero-order valence-corrected chi connectivity index (χ0v) is 15.6. The molecule has 8 heteroatoms. The van der Waals surface area contributed by atoms with Gasteiger partial charge in [0.1, 0.15) is 11.6 Å². The number of nitrogens with zero attached hydrogens (tertiary/aromatic N) is 1. The number of hydrogen-bond acceptors (Lipinski definition) is 5. The normalized spacial score (nSPS) is 12.7. The van der Waals surface area contributed by atoms with Gasteiger partial charge in [0.25, 0.3) is 0 Å². The summed E-state index contributed by atoms with van der Waals surface area (Å²) in [4.78, 5) is 16.2. The molecular formula is C21H20FN3O4. The van der Waals surface area contributed by atoms with Crippen molar-refractivity contribution in [2.45, 2.75) is 19.6 Å². The Morgan fingerprint density at radius 1 is 1.17 bits per heavy atom. The van der Waals surface area contributed by atoms with Crippen molar-refractivity contribution in [3.8, 4) is 17.1 Å². The molecule has 0 saturated heterocycles. The van der Waals surface area contributed by atoms with Crippen LogP contribution in [0.4, 0.5) is 9.18 Å². The van der Waals surface area contributed by atoms with E-state index < -0.39 is 0 Å². The quantitative estimate of drug-likeness (QED) is 0.666. The molecule has 2 amide bonds. The van der Waals surface area contributed by atoms with Gasteiger partial charge in [-0.3, -0.25) is 0 Å². The average Bonchev–Trinajstić information content (AvgIpc) is 3.22. The third-order valence-corrected chi connectivity index (χ3v) is 4.44. The van der Waals surface area contributed by atoms with Gasteiger partial charge in [-0.05, 0) is 24.1 Å². The van der Waals surface area contributed by atoms with Crippen LogP contribution in [0.15, 0.2) is 53.1 Å². The van der Waals surface area contributed by atoms with E-state index in [9.17, 15) is 9.18 Å². The van der Waals surface area contributed by atoms with E-state index in [2.05, 4.69) is 15.6 Å². The number of fused-ring (bicyclic) bond motifs is 1. The SMILES string of the molecule is O=C(NCCc1cc(F)cc2c1OCOC2)NCc1ncc(-c2ccccc2)o1. The van der Waals surface area contributed by atoms with Crippen molar-refractivity contribution >= 4 is 6.03 Å². The van der Waals surface area contributed by atoms with E-state index in [1.807, 2.05) is 30.3 Å². The molecule has 2 aromatic carbocycles. The predicted molar refractivity (Wildman–Crippen MR) is 103 cm³/mol. The zero-order valence-electron chi connectivity index (χ0n) is 15.6. The summed E-state index contributed by atoms with van der Waals surface area (Å²) in [5.41, 5.74) is 2.29. The minimum absolute atomic E-state index is 0.140. The lowest BCUT2D eigenvalue weighted by Gasteiger charge is -2.21. The summed E-state index contributed by atoms with van der Waals surface area (Å²) in [6.07, 6.45) is 2.06. The maximum Gasteiger partial charge on any atom is 0.315 e. The summed E-state index contributed by atoms with van der Waals surface area (Å²) in [5.74, 6) is 1.33. The fourth-order valence-corrected chi connectivity index (χ4v) is 3.10. The zero-order chi connectivity index (χ0) is 20.1. The molecule has 0 saturated carbocycles. The van der Waals surface area contributed by atoms with Crippen LogP contribution in [0, 0.1) is 5.82 Å². The monoisotopic (exact) mass is 397 g/mol. The minimum atomic E-state index is -0.362. The summed E-state index contributed by atoms with van der Waals surface area (Å²) in [6.45, 7) is 0.942. The Balaban J connectivity index is 1.26. The van der Waals surface area contributed by atoms with Crippen molar-refractivity contribution in [2.75, 3.05) is 13.3 Å². The lowest BCUT2D eigenvalue weighted by Crippen LogP contribution is -2.36. The predicted octanol–water partition coefficient (Wildman–Crippen LogP) is 3.39. The fourth-order valence-electron chi connectivity index (χ4n) is 3.10. The molecule has 29 heavy (non-hydrogen) atoms. The summed E-state index contributed by atoms with van der Waals surface area (Å²) >= 11 is 0. The fraction of sp³-hybridized carbons (Fsp3) is 0.238. The molecular weight excluding hydrogens is 377 g/mol. The Morgan fingerprint density at radius 3 is 2.90 bits per heavy atom. The highest BCUT2D eigenvalue weighted by Crippen LogP contribution is 2.29. The molecule has 0 bridgehead atoms. The maximum atomic E-state index is 13.7. The van der Waals surface area contributed by atoms with E-state index in [4.69, 9.17) is 13.9 Å². The molecule has 150 valence electrons. The van der Waals surface area contributed by atoms with E-state index in [1.54, 1.807) is 6.20 Å². The van der Waals surface area contributed by atoms with Crippen molar-refractivity contribution in [1.82, 2.24) is 15.6 Å². The van der Waals surface area contributed by atoms with Gasteiger partial charge in [0.2, 0.25) is 5.89 Å². The van der Waals surface area contributed by atoms with Crippen LogP contribution >= 0.6 is 0 Å². The number of oxazole rings is 1. The molecule has 4 rings (SSSR count). The Labute approximate surface area is 166 Å². The van der Waals surface area contributed by atoms with Crippen LogP contribution < -0.4 is 15.4 Å². The second kappa shape index (κ2) is 8.74. The van der Waals surface area contributed by atoms with E-state index in [0.717, 1.165) is 5.56 Å². The van der Waals surface area contributed by atoms with Crippen LogP contribution in [0.25, 0.3) is 11.3 Å². The van der Waals surface area contributed by atoms with E-state index in [0.29, 0.717) is 48.1 Å². The van der Waals surface area contributed by atoms with Gasteiger partial charge in [-0.25, -0.2) is 14.2 Å². The minimum Gasteiger partial charge on any atom is -0.467 e. The molecule has 0 fully saturated rings. The topological polar surface area (TPSA) is 85.6 Å². The largest absolute Gasteiger partial charge is 0.467 e. The number of ether oxygens (including phenoxy) is 2. The van der Waals surface area contributed by atoms with Crippen LogP contribution in [0.1, 0.15) is 17.0 Å². The smallest absolute Gasteiger partial charge is 0.315 e. The first-order valence-electron chi connectivity index (χ1n) is 9.23. The summed E-state index contributed by atoms with van der Waals surface area (Å²) < 4.78 is 30.0. The third-order valence-electron chi connectivity index (χ3n) is 4.44. The number of carbonyl (C=O) groups excluding carboxylic acids is 1. The van der Waals surface area contributed by atoms with Crippen molar-refractivity contribution in [2.24, 2.45) is 0 Å². The molecule has 2 N–H and O–H groups in total. The molecule has 1 aromatic heterocycles. The number of halogens is 1. The Hall–Kier alpha value is -3.39. The Morgan fingerprint density at radius 2 is 2.03 bits per heavy atom. The molecule has 7 nitrogen and oxygen atoms in total. The van der Waals surface area contributed by atoms with Crippen LogP contribution in [-0.4, -0.2) is 24.4 Å². The number of hydrogen-bond donors (Lipinski definition) is 2. The Bertz CT molecular complexity index is 991. The molecule has 0 spiro atoms. The maximum absolute atomic E-state index is 13.7. The number of amides is 2. The Kier molecular flexibility index (Phi) is 5.71. The lowest BCUT2D eigenvalue weighted by molar-refractivity contribution is -0.0172. The molecule has 3 aromatic rings. The van der Waals surface area contributed by atoms with Crippen LogP contribution in [0.2, 0.25) is 0 Å². The number of urea groups is 1. The van der Waals surface area contributed by atoms with Gasteiger partial charge >= 0.3 is 6.03 Å². The third kappa shape index (κ3) is 4.72. The number of aromatic nitrogens is 1. The molecule has 0 unspecified atom stereocenters. The first-order valence-corrected chi connectivity index (χ1v) is 9.23. The van der Waals surface area contributed by atoms with Crippen molar-refractivity contribution in [3.05, 3.63) is 71.5 Å². The molecule has 0 aliphatic carbocycles. The number of rotatable bonds is 6. The standard InChI is InChI=1S/C21H20FN3O4/c22-17-8-15(20-16(9-17)12-27-13-28-20)6-7-23-21(26)25-11-19-24-10-18(29-19)14-4-2-1-3-5-14/h1-5,8-10H,6-7,11-13H2,(H2,23,25,26). The van der Waals surface area contributed by atoms with Crippen LogP contribution in [0.3, 0.4) is 0 Å². The molecule has 0 atom stereocenters. The summed E-state index contributed by atoms with van der Waals surface area (Å²) in [7, 11) is 0. The van der Waals surface area contributed by atoms with E-state index >= 15 is 0 Å². The van der Waals surface area contributed by atoms with Crippen molar-refractivity contribution in [3.63, 3.8) is 0 Å². The summed E-state index contributed by atoms with van der Waals surface area (Å²) in [6, 6.07) is 12.1. The second-order valence-electron chi connectivity index (χ2n) is 6.51. The van der Waals surface area contributed by atoms with Gasteiger partial charge in [0.15, 0.2) is 12.6 Å². The lowest BCUT2D eigenvalue weighted by atomic mass is 10.1. The van der Waals surface area contributed by atoms with Gasteiger partial charge in [0.05, 0.1) is 19.3 Å². The van der Waals surface area contributed by atoms with Crippen LogP contribution in [-0.2, 0) is 24.3 Å². The molecule has 1 aliphatic rings. The van der Waals surface area contributed by atoms with Gasteiger partial charge in [-0.2, -0.15) is 0 Å². The van der Waals surface area contributed by atoms with Crippen molar-refractivity contribution < 1.29 is 23.1 Å². The highest BCUT2D eigenvalue weighted by atomic mass is 19.1. The van der Waals surface area contributed by atoms with E-state index in [-0.39, 0.29) is 25.2 Å². The van der Waals surface area contributed by atoms with Gasteiger partial charge in [-0.1, -0.05) is 30.3 Å². The molecule has 1 aliphatic heterocycles. The van der Waals surface area contributed by atoms with Gasteiger partial charge in [-0.15, -0.1) is 0 Å². The number of carbonyl (C=O) groups is 1. The number of nitrogens with one attached hydrogen (secondary N) is 2. The highest BCUT2D eigenvalue weighted by Gasteiger charge is 2.17. The van der Waals surface area contributed by atoms with E-state index in [1.165, 1.54) is 12.1 Å². The van der Waals surface area contributed by atoms with Crippen LogP contribution in [0.5, 0.6) is 5.75 Å². The van der Waals surface area contributed by atoms with Crippen molar-refractivity contribution in [1.29, 1.82) is 0 Å². The van der Waals surface area contributed by atoms with Gasteiger partial charge in [0, 0.05) is 17.7 Å². The first-order chi connectivity index (χ1) is 14.2. The second-order valence-corrected chi connectivity index (χ2v) is 6.51. The molecule has 0 radical (unpaired) electrons. The molecule has 2 heterocycles. The highest BCUT2D eigenvalue weighted by molar-refractivity contribution is 5.73. The number of benzene rings is 2. The summed E-state index contributed by atoms with van der Waals surface area (Å²) in [5, 5.41) is 5.43. The average molecular weight is 397 g/mol.